The molecule has 78 valence electrons. The second-order valence-electron chi connectivity index (χ2n) is 2.69. The lowest BCUT2D eigenvalue weighted by atomic mass is 10.6. The van der Waals surface area contributed by atoms with Crippen molar-refractivity contribution in [3.05, 3.63) is 17.9 Å². The first kappa shape index (κ1) is 9.59. The van der Waals surface area contributed by atoms with Crippen molar-refractivity contribution in [2.24, 2.45) is 0 Å². The van der Waals surface area contributed by atoms with Gasteiger partial charge < -0.3 is 11.1 Å². The van der Waals surface area contributed by atoms with Gasteiger partial charge in [-0.05, 0) is 0 Å². The molecular weight excluding hydrogens is 216 g/mol. The Balaban J connectivity index is 1.93. The molecule has 2 rings (SSSR count). The molecule has 0 saturated heterocycles. The molecule has 2 aromatic rings. The topological polar surface area (TPSA) is 98.7 Å². The van der Waals surface area contributed by atoms with Gasteiger partial charge in [-0.2, -0.15) is 0 Å². The Labute approximate surface area is 89.0 Å². The van der Waals surface area contributed by atoms with E-state index in [1.54, 1.807) is 11.6 Å². The number of aromatic nitrogens is 4. The maximum atomic E-state index is 11.4. The molecule has 0 spiro atoms. The average Bonchev–Trinajstić information content (AvgIpc) is 2.77. The van der Waals surface area contributed by atoms with E-state index in [-0.39, 0.29) is 18.4 Å². The summed E-state index contributed by atoms with van der Waals surface area (Å²) >= 11 is 1.35. The van der Waals surface area contributed by atoms with Crippen molar-refractivity contribution in [2.45, 2.75) is 6.54 Å². The molecule has 15 heavy (non-hydrogen) atoms. The van der Waals surface area contributed by atoms with Gasteiger partial charge in [0.05, 0.1) is 0 Å². The van der Waals surface area contributed by atoms with Crippen LogP contribution in [0.5, 0.6) is 0 Å². The van der Waals surface area contributed by atoms with Gasteiger partial charge in [-0.15, -0.1) is 16.4 Å². The lowest BCUT2D eigenvalue weighted by Crippen LogP contribution is -2.19. The van der Waals surface area contributed by atoms with Gasteiger partial charge >= 0.3 is 0 Å². The number of amides is 1. The number of carbonyl (C=O) groups is 1. The number of hydrogen-bond donors (Lipinski definition) is 2. The Morgan fingerprint density at radius 2 is 2.47 bits per heavy atom. The predicted molar refractivity (Wildman–Crippen MR) is 55.2 cm³/mol. The second kappa shape index (κ2) is 4.05. The van der Waals surface area contributed by atoms with Crippen LogP contribution in [0.2, 0.25) is 0 Å². The number of nitrogens with one attached hydrogen (secondary N) is 1. The minimum absolute atomic E-state index is 0.0732. The van der Waals surface area contributed by atoms with Crippen LogP contribution in [0.25, 0.3) is 0 Å². The number of nitrogens with two attached hydrogens (primary N) is 1. The summed E-state index contributed by atoms with van der Waals surface area (Å²) in [5.74, 6) is -0.0631. The van der Waals surface area contributed by atoms with Crippen molar-refractivity contribution >= 4 is 28.3 Å². The minimum Gasteiger partial charge on any atom is -0.367 e. The molecule has 0 fully saturated rings. The van der Waals surface area contributed by atoms with Gasteiger partial charge in [-0.1, -0.05) is 0 Å². The molecule has 0 aliphatic heterocycles. The summed E-state index contributed by atoms with van der Waals surface area (Å²) in [4.78, 5) is 19.0. The van der Waals surface area contributed by atoms with E-state index in [1.165, 1.54) is 22.3 Å². The fourth-order valence-corrected chi connectivity index (χ4v) is 1.52. The number of rotatable bonds is 3. The van der Waals surface area contributed by atoms with Gasteiger partial charge in [0.15, 0.2) is 5.13 Å². The quantitative estimate of drug-likeness (QED) is 0.761. The summed E-state index contributed by atoms with van der Waals surface area (Å²) in [5, 5.41) is 8.75. The first-order valence-corrected chi connectivity index (χ1v) is 4.96. The Kier molecular flexibility index (Phi) is 2.59. The maximum absolute atomic E-state index is 11.4. The fraction of sp³-hybridized carbons (Fsp3) is 0.143. The van der Waals surface area contributed by atoms with Crippen LogP contribution in [0.1, 0.15) is 0 Å². The van der Waals surface area contributed by atoms with Crippen molar-refractivity contribution in [3.63, 3.8) is 0 Å². The van der Waals surface area contributed by atoms with E-state index < -0.39 is 0 Å². The van der Waals surface area contributed by atoms with Crippen LogP contribution in [0.3, 0.4) is 0 Å². The number of carbonyl (C=O) groups excluding carboxylic acids is 1. The van der Waals surface area contributed by atoms with E-state index in [0.29, 0.717) is 5.13 Å². The third kappa shape index (κ3) is 2.50. The van der Waals surface area contributed by atoms with Crippen LogP contribution in [0.4, 0.5) is 11.1 Å². The summed E-state index contributed by atoms with van der Waals surface area (Å²) in [6, 6.07) is 0. The van der Waals surface area contributed by atoms with Gasteiger partial charge in [-0.25, -0.2) is 14.6 Å². The number of nitrogen functional groups attached to an aromatic ring is 1. The zero-order chi connectivity index (χ0) is 10.7. The van der Waals surface area contributed by atoms with Crippen LogP contribution in [0.15, 0.2) is 17.9 Å². The molecule has 0 radical (unpaired) electrons. The molecule has 0 unspecified atom stereocenters. The van der Waals surface area contributed by atoms with Gasteiger partial charge in [0, 0.05) is 11.6 Å². The highest BCUT2D eigenvalue weighted by atomic mass is 32.1. The van der Waals surface area contributed by atoms with Crippen molar-refractivity contribution in [1.82, 2.24) is 19.7 Å². The van der Waals surface area contributed by atoms with E-state index in [2.05, 4.69) is 20.4 Å². The molecule has 3 N–H and O–H groups in total. The molecule has 0 aliphatic carbocycles. The largest absolute Gasteiger partial charge is 0.367 e. The molecule has 1 amide bonds. The molecule has 0 aliphatic rings. The minimum atomic E-state index is -0.213. The highest BCUT2D eigenvalue weighted by molar-refractivity contribution is 7.13. The highest BCUT2D eigenvalue weighted by Crippen LogP contribution is 2.09. The number of anilines is 2. The summed E-state index contributed by atoms with van der Waals surface area (Å²) in [6.45, 7) is 0.0732. The Morgan fingerprint density at radius 1 is 1.60 bits per heavy atom. The van der Waals surface area contributed by atoms with E-state index in [1.807, 2.05) is 0 Å². The van der Waals surface area contributed by atoms with Gasteiger partial charge in [0.1, 0.15) is 12.9 Å². The third-order valence-electron chi connectivity index (χ3n) is 1.54. The van der Waals surface area contributed by atoms with E-state index in [0.717, 1.165) is 0 Å². The summed E-state index contributed by atoms with van der Waals surface area (Å²) in [6.07, 6.45) is 3.02. The molecule has 2 heterocycles. The summed E-state index contributed by atoms with van der Waals surface area (Å²) in [7, 11) is 0. The third-order valence-corrected chi connectivity index (χ3v) is 2.23. The standard InChI is InChI=1S/C7H8N6OS/c8-6-10-4-13(12-6)3-5(14)11-7-9-1-2-15-7/h1-2,4H,3H2,(H2,8,12)(H,9,11,14). The zero-order valence-electron chi connectivity index (χ0n) is 7.62. The highest BCUT2D eigenvalue weighted by Gasteiger charge is 2.06. The molecule has 7 nitrogen and oxygen atoms in total. The molecule has 0 saturated carbocycles. The average molecular weight is 224 g/mol. The molecule has 0 bridgehead atoms. The van der Waals surface area contributed by atoms with Crippen molar-refractivity contribution in [1.29, 1.82) is 0 Å². The van der Waals surface area contributed by atoms with Crippen LogP contribution in [-0.4, -0.2) is 25.7 Å². The predicted octanol–water partition coefficient (Wildman–Crippen LogP) is -0.0445. The number of hydrogen-bond acceptors (Lipinski definition) is 6. The van der Waals surface area contributed by atoms with Crippen molar-refractivity contribution in [3.8, 4) is 0 Å². The number of nitrogens with zero attached hydrogens (tertiary/aromatic N) is 4. The van der Waals surface area contributed by atoms with Crippen LogP contribution in [0, 0.1) is 0 Å². The SMILES string of the molecule is Nc1ncn(CC(=O)Nc2nccs2)n1. The van der Waals surface area contributed by atoms with E-state index in [4.69, 9.17) is 5.73 Å². The molecular formula is C7H8N6OS. The van der Waals surface area contributed by atoms with Crippen molar-refractivity contribution in [2.75, 3.05) is 11.1 Å². The number of thiazole rings is 1. The lowest BCUT2D eigenvalue weighted by molar-refractivity contribution is -0.116. The van der Waals surface area contributed by atoms with Gasteiger partial charge in [0.25, 0.3) is 0 Å². The first-order chi connectivity index (χ1) is 7.24. The molecule has 2 aromatic heterocycles. The zero-order valence-corrected chi connectivity index (χ0v) is 8.44. The summed E-state index contributed by atoms with van der Waals surface area (Å²) in [5.41, 5.74) is 5.31. The van der Waals surface area contributed by atoms with Crippen LogP contribution < -0.4 is 11.1 Å². The smallest absolute Gasteiger partial charge is 0.247 e. The monoisotopic (exact) mass is 224 g/mol. The molecule has 0 aromatic carbocycles. The first-order valence-electron chi connectivity index (χ1n) is 4.08. The normalized spacial score (nSPS) is 10.1. The molecule has 8 heteroatoms. The maximum Gasteiger partial charge on any atom is 0.247 e. The Hall–Kier alpha value is -1.96. The van der Waals surface area contributed by atoms with Crippen molar-refractivity contribution < 1.29 is 4.79 Å². The van der Waals surface area contributed by atoms with Gasteiger partial charge in [0.2, 0.25) is 11.9 Å². The van der Waals surface area contributed by atoms with Crippen LogP contribution in [-0.2, 0) is 11.3 Å². The van der Waals surface area contributed by atoms with Gasteiger partial charge in [-0.3, -0.25) is 4.79 Å². The van der Waals surface area contributed by atoms with E-state index in [9.17, 15) is 4.79 Å². The lowest BCUT2D eigenvalue weighted by Gasteiger charge is -2.00. The fourth-order valence-electron chi connectivity index (χ4n) is 0.976. The second-order valence-corrected chi connectivity index (χ2v) is 3.58. The Bertz CT molecular complexity index is 450. The molecule has 0 atom stereocenters. The summed E-state index contributed by atoms with van der Waals surface area (Å²) < 4.78 is 1.36. The van der Waals surface area contributed by atoms with Crippen LogP contribution >= 0.6 is 11.3 Å². The Morgan fingerprint density at radius 3 is 3.07 bits per heavy atom. The van der Waals surface area contributed by atoms with E-state index >= 15 is 0 Å².